The zero-order valence-electron chi connectivity index (χ0n) is 9.54. The molecule has 0 radical (unpaired) electrons. The van der Waals surface area contributed by atoms with Crippen LogP contribution >= 0.6 is 15.9 Å². The van der Waals surface area contributed by atoms with E-state index < -0.39 is 6.10 Å². The van der Waals surface area contributed by atoms with Crippen LogP contribution in [0.15, 0.2) is 34.3 Å². The lowest BCUT2D eigenvalue weighted by Crippen LogP contribution is -2.06. The zero-order chi connectivity index (χ0) is 11.5. The Labute approximate surface area is 105 Å². The normalized spacial score (nSPS) is 18.1. The summed E-state index contributed by atoms with van der Waals surface area (Å²) in [6.07, 6.45) is 6.39. The summed E-state index contributed by atoms with van der Waals surface area (Å²) in [5.41, 5.74) is 3.37. The first-order valence-corrected chi connectivity index (χ1v) is 6.61. The Morgan fingerprint density at radius 2 is 2.12 bits per heavy atom. The molecule has 1 atom stereocenters. The smallest absolute Gasteiger partial charge is 0.100 e. The molecule has 0 saturated carbocycles. The number of halogens is 1. The number of benzene rings is 1. The van der Waals surface area contributed by atoms with Gasteiger partial charge in [0.2, 0.25) is 0 Å². The minimum absolute atomic E-state index is 0.419. The van der Waals surface area contributed by atoms with E-state index in [0.29, 0.717) is 0 Å². The Morgan fingerprint density at radius 3 is 2.81 bits per heavy atom. The van der Waals surface area contributed by atoms with Gasteiger partial charge in [-0.2, -0.15) is 0 Å². The average Bonchev–Trinajstić information content (AvgIpc) is 2.32. The Balaban J connectivity index is 2.29. The summed E-state index contributed by atoms with van der Waals surface area (Å²) in [6, 6.07) is 6.09. The number of rotatable bonds is 2. The molecule has 0 bridgehead atoms. The molecule has 1 nitrogen and oxygen atoms in total. The van der Waals surface area contributed by atoms with Gasteiger partial charge in [0.1, 0.15) is 6.10 Å². The number of aliphatic hydroxyl groups excluding tert-OH is 1. The fourth-order valence-corrected chi connectivity index (χ4v) is 2.60. The largest absolute Gasteiger partial charge is 0.384 e. The van der Waals surface area contributed by atoms with E-state index in [1.54, 1.807) is 0 Å². The maximum absolute atomic E-state index is 10.4. The van der Waals surface area contributed by atoms with E-state index in [4.69, 9.17) is 0 Å². The Hall–Kier alpha value is -0.600. The van der Waals surface area contributed by atoms with Crippen molar-refractivity contribution in [2.75, 3.05) is 0 Å². The van der Waals surface area contributed by atoms with Crippen molar-refractivity contribution in [3.8, 4) is 0 Å². The molecule has 1 unspecified atom stereocenters. The summed E-state index contributed by atoms with van der Waals surface area (Å²) in [6.45, 7) is 2.05. The lowest BCUT2D eigenvalue weighted by atomic mass is 9.90. The zero-order valence-corrected chi connectivity index (χ0v) is 11.1. The summed E-state index contributed by atoms with van der Waals surface area (Å²) >= 11 is 3.46. The Morgan fingerprint density at radius 1 is 1.31 bits per heavy atom. The first kappa shape index (κ1) is 11.9. The Kier molecular flexibility index (Phi) is 3.82. The predicted molar refractivity (Wildman–Crippen MR) is 70.4 cm³/mol. The molecule has 0 aliphatic heterocycles. The molecule has 16 heavy (non-hydrogen) atoms. The highest BCUT2D eigenvalue weighted by Crippen LogP contribution is 2.32. The van der Waals surface area contributed by atoms with Crippen LogP contribution in [0.3, 0.4) is 0 Å². The molecule has 86 valence electrons. The van der Waals surface area contributed by atoms with E-state index in [1.807, 2.05) is 25.1 Å². The molecule has 1 aliphatic rings. The molecule has 1 aromatic rings. The second-order valence-corrected chi connectivity index (χ2v) is 5.34. The van der Waals surface area contributed by atoms with Crippen LogP contribution in [-0.4, -0.2) is 5.11 Å². The minimum atomic E-state index is -0.419. The Bertz CT molecular complexity index is 409. The van der Waals surface area contributed by atoms with Gasteiger partial charge >= 0.3 is 0 Å². The van der Waals surface area contributed by atoms with Gasteiger partial charge in [-0.1, -0.05) is 28.1 Å². The maximum Gasteiger partial charge on any atom is 0.100 e. The standard InChI is InChI=1S/C14H17BrO/c1-10-7-8-12(15)9-13(10)14(16)11-5-3-2-4-6-11/h5,7-9,14,16H,2-4,6H2,1H3. The van der Waals surface area contributed by atoms with Gasteiger partial charge in [-0.05, 0) is 61.4 Å². The van der Waals surface area contributed by atoms with Crippen LogP contribution in [0.5, 0.6) is 0 Å². The number of hydrogen-bond donors (Lipinski definition) is 1. The van der Waals surface area contributed by atoms with Crippen molar-refractivity contribution in [3.63, 3.8) is 0 Å². The van der Waals surface area contributed by atoms with Gasteiger partial charge in [-0.15, -0.1) is 0 Å². The fraction of sp³-hybridized carbons (Fsp3) is 0.429. The van der Waals surface area contributed by atoms with Gasteiger partial charge in [0.25, 0.3) is 0 Å². The van der Waals surface area contributed by atoms with E-state index in [1.165, 1.54) is 18.4 Å². The minimum Gasteiger partial charge on any atom is -0.384 e. The molecule has 1 N–H and O–H groups in total. The van der Waals surface area contributed by atoms with Gasteiger partial charge < -0.3 is 5.11 Å². The topological polar surface area (TPSA) is 20.2 Å². The van der Waals surface area contributed by atoms with E-state index in [0.717, 1.165) is 28.4 Å². The van der Waals surface area contributed by atoms with Crippen LogP contribution in [0.2, 0.25) is 0 Å². The summed E-state index contributed by atoms with van der Waals surface area (Å²) in [4.78, 5) is 0. The first-order chi connectivity index (χ1) is 7.68. The predicted octanol–water partition coefficient (Wildman–Crippen LogP) is 4.29. The highest BCUT2D eigenvalue weighted by atomic mass is 79.9. The van der Waals surface area contributed by atoms with Crippen LogP contribution in [0.25, 0.3) is 0 Å². The summed E-state index contributed by atoms with van der Waals surface area (Å²) < 4.78 is 1.03. The van der Waals surface area contributed by atoms with Crippen molar-refractivity contribution in [2.24, 2.45) is 0 Å². The molecule has 0 spiro atoms. The highest BCUT2D eigenvalue weighted by Gasteiger charge is 2.17. The lowest BCUT2D eigenvalue weighted by Gasteiger charge is -2.20. The van der Waals surface area contributed by atoms with Crippen LogP contribution in [0.4, 0.5) is 0 Å². The van der Waals surface area contributed by atoms with Gasteiger partial charge in [-0.3, -0.25) is 0 Å². The molecular weight excluding hydrogens is 264 g/mol. The molecule has 0 aromatic heterocycles. The van der Waals surface area contributed by atoms with Crippen molar-refractivity contribution in [2.45, 2.75) is 38.7 Å². The third-order valence-corrected chi connectivity index (χ3v) is 3.71. The third-order valence-electron chi connectivity index (χ3n) is 3.21. The molecule has 0 fully saturated rings. The summed E-state index contributed by atoms with van der Waals surface area (Å²) in [5, 5.41) is 10.4. The highest BCUT2D eigenvalue weighted by molar-refractivity contribution is 9.10. The van der Waals surface area contributed by atoms with Crippen LogP contribution in [-0.2, 0) is 0 Å². The fourth-order valence-electron chi connectivity index (χ4n) is 2.22. The maximum atomic E-state index is 10.4. The molecule has 2 heteroatoms. The van der Waals surface area contributed by atoms with Gasteiger partial charge in [0.05, 0.1) is 0 Å². The van der Waals surface area contributed by atoms with E-state index in [-0.39, 0.29) is 0 Å². The summed E-state index contributed by atoms with van der Waals surface area (Å²) in [5.74, 6) is 0. The van der Waals surface area contributed by atoms with Crippen molar-refractivity contribution < 1.29 is 5.11 Å². The van der Waals surface area contributed by atoms with Crippen molar-refractivity contribution >= 4 is 15.9 Å². The van der Waals surface area contributed by atoms with Gasteiger partial charge in [0, 0.05) is 4.47 Å². The lowest BCUT2D eigenvalue weighted by molar-refractivity contribution is 0.207. The molecule has 0 saturated heterocycles. The average molecular weight is 281 g/mol. The third kappa shape index (κ3) is 2.55. The van der Waals surface area contributed by atoms with E-state index in [9.17, 15) is 5.11 Å². The van der Waals surface area contributed by atoms with Crippen molar-refractivity contribution in [1.82, 2.24) is 0 Å². The van der Waals surface area contributed by atoms with Gasteiger partial charge in [0.15, 0.2) is 0 Å². The second-order valence-electron chi connectivity index (χ2n) is 4.43. The summed E-state index contributed by atoms with van der Waals surface area (Å²) in [7, 11) is 0. The second kappa shape index (κ2) is 5.15. The van der Waals surface area contributed by atoms with E-state index >= 15 is 0 Å². The van der Waals surface area contributed by atoms with E-state index in [2.05, 4.69) is 22.0 Å². The molecule has 2 rings (SSSR count). The molecule has 0 amide bonds. The SMILES string of the molecule is Cc1ccc(Br)cc1C(O)C1=CCCCC1. The van der Waals surface area contributed by atoms with Crippen molar-refractivity contribution in [3.05, 3.63) is 45.4 Å². The molecule has 1 aliphatic carbocycles. The van der Waals surface area contributed by atoms with Gasteiger partial charge in [-0.25, -0.2) is 0 Å². The molecule has 1 aromatic carbocycles. The van der Waals surface area contributed by atoms with Crippen LogP contribution < -0.4 is 0 Å². The number of aryl methyl sites for hydroxylation is 1. The number of hydrogen-bond acceptors (Lipinski definition) is 1. The van der Waals surface area contributed by atoms with Crippen LogP contribution in [0.1, 0.15) is 42.9 Å². The first-order valence-electron chi connectivity index (χ1n) is 5.81. The number of aliphatic hydroxyl groups is 1. The monoisotopic (exact) mass is 280 g/mol. The van der Waals surface area contributed by atoms with Crippen molar-refractivity contribution in [1.29, 1.82) is 0 Å². The quantitative estimate of drug-likeness (QED) is 0.802. The van der Waals surface area contributed by atoms with Crippen LogP contribution in [0, 0.1) is 6.92 Å². The number of allylic oxidation sites excluding steroid dienone is 1. The molecule has 0 heterocycles. The molecular formula is C14H17BrO.